The molecule has 0 unspecified atom stereocenters. The van der Waals surface area contributed by atoms with Crippen molar-refractivity contribution in [2.24, 2.45) is 0 Å². The van der Waals surface area contributed by atoms with E-state index in [1.165, 1.54) is 0 Å². The summed E-state index contributed by atoms with van der Waals surface area (Å²) in [6.45, 7) is 0. The van der Waals surface area contributed by atoms with Gasteiger partial charge in [-0.2, -0.15) is 0 Å². The Bertz CT molecular complexity index is 1020. The van der Waals surface area contributed by atoms with E-state index in [-0.39, 0.29) is 5.91 Å². The van der Waals surface area contributed by atoms with Gasteiger partial charge in [0, 0.05) is 18.2 Å². The number of fused-ring (bicyclic) bond motifs is 1. The highest BCUT2D eigenvalue weighted by atomic mass is 35.5. The molecule has 25 heavy (non-hydrogen) atoms. The fourth-order valence-electron chi connectivity index (χ4n) is 2.95. The summed E-state index contributed by atoms with van der Waals surface area (Å²) >= 11 is 12.3. The number of hydrogen-bond acceptors (Lipinski definition) is 2. The van der Waals surface area contributed by atoms with Crippen LogP contribution in [-0.4, -0.2) is 13.0 Å². The Morgan fingerprint density at radius 3 is 2.56 bits per heavy atom. The maximum absolute atomic E-state index is 12.5. The highest BCUT2D eigenvalue weighted by Crippen LogP contribution is 2.38. The molecular weight excluding hydrogens is 357 g/mol. The standard InChI is InChI=1S/C20H13Cl2NO2/c1-23-17-8-3-2-5-13(17)15(20(23)24)11-12-9-10-18(25-12)14-6-4-7-16(21)19(14)22/h2-11H,1H3/b15-11+. The smallest absolute Gasteiger partial charge is 0.258 e. The Balaban J connectivity index is 1.76. The molecule has 0 radical (unpaired) electrons. The van der Waals surface area contributed by atoms with Crippen molar-refractivity contribution in [1.29, 1.82) is 0 Å². The third kappa shape index (κ3) is 2.66. The highest BCUT2D eigenvalue weighted by Gasteiger charge is 2.29. The van der Waals surface area contributed by atoms with Gasteiger partial charge in [-0.1, -0.05) is 47.5 Å². The van der Waals surface area contributed by atoms with E-state index in [4.69, 9.17) is 27.6 Å². The first-order valence-corrected chi connectivity index (χ1v) is 8.45. The Morgan fingerprint density at radius 2 is 1.72 bits per heavy atom. The van der Waals surface area contributed by atoms with Gasteiger partial charge in [0.1, 0.15) is 11.5 Å². The summed E-state index contributed by atoms with van der Waals surface area (Å²) in [4.78, 5) is 14.2. The molecule has 0 saturated heterocycles. The summed E-state index contributed by atoms with van der Waals surface area (Å²) < 4.78 is 5.88. The zero-order valence-corrected chi connectivity index (χ0v) is 14.8. The molecular formula is C20H13Cl2NO2. The van der Waals surface area contributed by atoms with E-state index in [0.717, 1.165) is 11.3 Å². The number of carbonyl (C=O) groups is 1. The molecule has 0 bridgehead atoms. The summed E-state index contributed by atoms with van der Waals surface area (Å²) in [5.74, 6) is 1.13. The molecule has 2 aromatic carbocycles. The lowest BCUT2D eigenvalue weighted by Gasteiger charge is -2.07. The largest absolute Gasteiger partial charge is 0.457 e. The van der Waals surface area contributed by atoms with E-state index in [1.807, 2.05) is 48.5 Å². The first-order valence-electron chi connectivity index (χ1n) is 7.69. The first kappa shape index (κ1) is 16.0. The topological polar surface area (TPSA) is 33.5 Å². The Morgan fingerprint density at radius 1 is 0.960 bits per heavy atom. The maximum Gasteiger partial charge on any atom is 0.258 e. The van der Waals surface area contributed by atoms with Crippen LogP contribution in [0.3, 0.4) is 0 Å². The molecule has 1 amide bonds. The van der Waals surface area contributed by atoms with Crippen molar-refractivity contribution in [3.63, 3.8) is 0 Å². The summed E-state index contributed by atoms with van der Waals surface area (Å²) in [5, 5.41) is 0.914. The lowest BCUT2D eigenvalue weighted by molar-refractivity contribution is -0.112. The van der Waals surface area contributed by atoms with Gasteiger partial charge in [0.05, 0.1) is 21.3 Å². The van der Waals surface area contributed by atoms with Gasteiger partial charge in [0.2, 0.25) is 0 Å². The van der Waals surface area contributed by atoms with Gasteiger partial charge in [-0.25, -0.2) is 0 Å². The molecule has 2 heterocycles. The summed E-state index contributed by atoms with van der Waals surface area (Å²) in [5.41, 5.74) is 3.11. The van der Waals surface area contributed by atoms with Gasteiger partial charge in [-0.3, -0.25) is 4.79 Å². The van der Waals surface area contributed by atoms with Crippen molar-refractivity contribution in [2.75, 3.05) is 11.9 Å². The van der Waals surface area contributed by atoms with Crippen molar-refractivity contribution in [3.8, 4) is 11.3 Å². The zero-order chi connectivity index (χ0) is 17.6. The van der Waals surface area contributed by atoms with Crippen LogP contribution in [-0.2, 0) is 4.79 Å². The van der Waals surface area contributed by atoms with Crippen molar-refractivity contribution in [1.82, 2.24) is 0 Å². The number of hydrogen-bond donors (Lipinski definition) is 0. The minimum atomic E-state index is -0.0556. The molecule has 124 valence electrons. The van der Waals surface area contributed by atoms with Crippen molar-refractivity contribution in [3.05, 3.63) is 76.0 Å². The summed E-state index contributed by atoms with van der Waals surface area (Å²) in [7, 11) is 1.77. The van der Waals surface area contributed by atoms with Crippen LogP contribution in [0.15, 0.2) is 59.0 Å². The van der Waals surface area contributed by atoms with Crippen LogP contribution in [0, 0.1) is 0 Å². The third-order valence-electron chi connectivity index (χ3n) is 4.22. The SMILES string of the molecule is CN1C(=O)/C(=C/c2ccc(-c3cccc(Cl)c3Cl)o2)c2ccccc21. The molecule has 3 aromatic rings. The van der Waals surface area contributed by atoms with E-state index in [1.54, 1.807) is 24.1 Å². The predicted octanol–water partition coefficient (Wildman–Crippen LogP) is 5.77. The lowest BCUT2D eigenvalue weighted by Crippen LogP contribution is -2.20. The Labute approximate surface area is 155 Å². The second-order valence-corrected chi connectivity index (χ2v) is 6.53. The fraction of sp³-hybridized carbons (Fsp3) is 0.0500. The zero-order valence-electron chi connectivity index (χ0n) is 13.3. The van der Waals surface area contributed by atoms with Crippen LogP contribution in [0.1, 0.15) is 11.3 Å². The first-order chi connectivity index (χ1) is 12.1. The molecule has 1 aliphatic rings. The second kappa shape index (κ2) is 6.10. The van der Waals surface area contributed by atoms with Gasteiger partial charge in [0.25, 0.3) is 5.91 Å². The average Bonchev–Trinajstić information content (AvgIpc) is 3.17. The molecule has 1 aliphatic heterocycles. The van der Waals surface area contributed by atoms with E-state index in [2.05, 4.69) is 0 Å². The van der Waals surface area contributed by atoms with Gasteiger partial charge in [0.15, 0.2) is 0 Å². The quantitative estimate of drug-likeness (QED) is 0.537. The monoisotopic (exact) mass is 369 g/mol. The van der Waals surface area contributed by atoms with Crippen LogP contribution in [0.5, 0.6) is 0 Å². The number of nitrogens with zero attached hydrogens (tertiary/aromatic N) is 1. The molecule has 4 rings (SSSR count). The third-order valence-corrected chi connectivity index (χ3v) is 5.04. The van der Waals surface area contributed by atoms with Gasteiger partial charge >= 0.3 is 0 Å². The summed E-state index contributed by atoms with van der Waals surface area (Å²) in [6, 6.07) is 16.7. The number of anilines is 1. The van der Waals surface area contributed by atoms with E-state index < -0.39 is 0 Å². The number of likely N-dealkylation sites (N-methyl/N-ethyl adjacent to an activating group) is 1. The number of benzene rings is 2. The van der Waals surface area contributed by atoms with Gasteiger partial charge < -0.3 is 9.32 Å². The lowest BCUT2D eigenvalue weighted by atomic mass is 10.1. The number of para-hydroxylation sites is 1. The van der Waals surface area contributed by atoms with E-state index >= 15 is 0 Å². The fourth-order valence-corrected chi connectivity index (χ4v) is 3.34. The second-order valence-electron chi connectivity index (χ2n) is 5.74. The van der Waals surface area contributed by atoms with E-state index in [9.17, 15) is 4.79 Å². The Hall–Kier alpha value is -2.49. The maximum atomic E-state index is 12.5. The van der Waals surface area contributed by atoms with Gasteiger partial charge in [-0.05, 0) is 36.4 Å². The van der Waals surface area contributed by atoms with Crippen molar-refractivity contribution >= 4 is 46.4 Å². The molecule has 0 aliphatic carbocycles. The van der Waals surface area contributed by atoms with Crippen LogP contribution in [0.4, 0.5) is 5.69 Å². The van der Waals surface area contributed by atoms with Crippen molar-refractivity contribution < 1.29 is 9.21 Å². The summed E-state index contributed by atoms with van der Waals surface area (Å²) in [6.07, 6.45) is 1.76. The molecule has 0 N–H and O–H groups in total. The molecule has 0 saturated carbocycles. The van der Waals surface area contributed by atoms with Crippen molar-refractivity contribution in [2.45, 2.75) is 0 Å². The minimum absolute atomic E-state index is 0.0556. The van der Waals surface area contributed by atoms with Gasteiger partial charge in [-0.15, -0.1) is 0 Å². The molecule has 0 fully saturated rings. The number of halogens is 2. The predicted molar refractivity (Wildman–Crippen MR) is 102 cm³/mol. The molecule has 0 atom stereocenters. The number of carbonyl (C=O) groups excluding carboxylic acids is 1. The normalized spacial score (nSPS) is 15.1. The number of furan rings is 1. The number of amides is 1. The molecule has 3 nitrogen and oxygen atoms in total. The van der Waals surface area contributed by atoms with Crippen LogP contribution < -0.4 is 4.90 Å². The van der Waals surface area contributed by atoms with Crippen LogP contribution in [0.25, 0.3) is 23.0 Å². The highest BCUT2D eigenvalue weighted by molar-refractivity contribution is 6.43. The van der Waals surface area contributed by atoms with E-state index in [0.29, 0.717) is 32.7 Å². The Kier molecular flexibility index (Phi) is 3.91. The average molecular weight is 370 g/mol. The molecule has 5 heteroatoms. The number of rotatable bonds is 2. The minimum Gasteiger partial charge on any atom is -0.457 e. The van der Waals surface area contributed by atoms with Crippen LogP contribution >= 0.6 is 23.2 Å². The molecule has 0 spiro atoms. The van der Waals surface area contributed by atoms with Crippen LogP contribution in [0.2, 0.25) is 10.0 Å². The molecule has 1 aromatic heterocycles.